The molecule has 6 nitrogen and oxygen atoms in total. The number of unbranched alkanes of at least 4 members (excludes halogenated alkanes) is 21. The van der Waals surface area contributed by atoms with Crippen molar-refractivity contribution in [3.05, 3.63) is 158 Å². The van der Waals surface area contributed by atoms with Crippen LogP contribution < -0.4 is 0 Å². The molecule has 1 atom stereocenters. The molecule has 0 spiro atoms. The fourth-order valence-electron chi connectivity index (χ4n) is 8.66. The largest absolute Gasteiger partial charge is 0.462 e. The summed E-state index contributed by atoms with van der Waals surface area (Å²) in [5, 5.41) is 0. The molecule has 1 unspecified atom stereocenters. The molecule has 0 saturated heterocycles. The minimum absolute atomic E-state index is 0.102. The van der Waals surface area contributed by atoms with E-state index >= 15 is 0 Å². The highest BCUT2D eigenvalue weighted by atomic mass is 16.6. The molecule has 0 aromatic carbocycles. The Morgan fingerprint density at radius 3 is 0.765 bits per heavy atom. The van der Waals surface area contributed by atoms with Crippen LogP contribution >= 0.6 is 0 Å². The van der Waals surface area contributed by atoms with Crippen LogP contribution in [-0.2, 0) is 28.6 Å². The van der Waals surface area contributed by atoms with E-state index in [1.54, 1.807) is 0 Å². The highest BCUT2D eigenvalue weighted by Gasteiger charge is 2.19. The third kappa shape index (κ3) is 65.7. The topological polar surface area (TPSA) is 78.9 Å². The maximum atomic E-state index is 12.9. The number of esters is 3. The Bertz CT molecular complexity index is 1810. The normalized spacial score (nSPS) is 13.2. The molecule has 0 bridgehead atoms. The van der Waals surface area contributed by atoms with Crippen molar-refractivity contribution in [1.29, 1.82) is 0 Å². The molecule has 81 heavy (non-hydrogen) atoms. The van der Waals surface area contributed by atoms with Crippen molar-refractivity contribution in [1.82, 2.24) is 0 Å². The smallest absolute Gasteiger partial charge is 0.306 e. The van der Waals surface area contributed by atoms with Gasteiger partial charge in [0.05, 0.1) is 0 Å². The summed E-state index contributed by atoms with van der Waals surface area (Å²) >= 11 is 0. The molecule has 0 N–H and O–H groups in total. The predicted molar refractivity (Wildman–Crippen MR) is 352 cm³/mol. The van der Waals surface area contributed by atoms with Gasteiger partial charge in [-0.05, 0) is 128 Å². The lowest BCUT2D eigenvalue weighted by Crippen LogP contribution is -2.30. The van der Waals surface area contributed by atoms with Crippen LogP contribution in [0.25, 0.3) is 0 Å². The van der Waals surface area contributed by atoms with E-state index in [1.807, 2.05) is 0 Å². The Labute approximate surface area is 499 Å². The zero-order valence-electron chi connectivity index (χ0n) is 52.2. The summed E-state index contributed by atoms with van der Waals surface area (Å²) in [6, 6.07) is 0. The van der Waals surface area contributed by atoms with Gasteiger partial charge in [0.2, 0.25) is 0 Å². The summed E-state index contributed by atoms with van der Waals surface area (Å²) in [6.07, 6.45) is 98.2. The second-order valence-electron chi connectivity index (χ2n) is 21.3. The van der Waals surface area contributed by atoms with Crippen LogP contribution in [0.2, 0.25) is 0 Å². The molecule has 0 aliphatic heterocycles. The zero-order valence-corrected chi connectivity index (χ0v) is 52.2. The van der Waals surface area contributed by atoms with Crippen molar-refractivity contribution >= 4 is 17.9 Å². The van der Waals surface area contributed by atoms with Crippen molar-refractivity contribution in [3.8, 4) is 0 Å². The molecule has 0 fully saturated rings. The van der Waals surface area contributed by atoms with Crippen molar-refractivity contribution in [2.24, 2.45) is 0 Å². The van der Waals surface area contributed by atoms with E-state index in [4.69, 9.17) is 14.2 Å². The highest BCUT2D eigenvalue weighted by molar-refractivity contribution is 5.71. The number of allylic oxidation sites excluding steroid dienone is 26. The second kappa shape index (κ2) is 67.5. The molecule has 0 rings (SSSR count). The number of rotatable bonds is 58. The maximum absolute atomic E-state index is 12.9. The summed E-state index contributed by atoms with van der Waals surface area (Å²) < 4.78 is 16.9. The molecule has 0 aliphatic carbocycles. The summed E-state index contributed by atoms with van der Waals surface area (Å²) in [5.74, 6) is -0.960. The SMILES string of the molecule is CC/C=C\C/C=C\C/C=C\C/C=C\C/C=C\C/C=C\C/C=C\C/C=C\C/C=C\CCCCCC(=O)OCC(COC(=O)CCCCCCCCCCCCCCCCC)OC(=O)CCCCCC/C=C\C/C=C\C/C=C\C/C=C\CC. The molecule has 0 heterocycles. The van der Waals surface area contributed by atoms with Gasteiger partial charge in [0, 0.05) is 19.3 Å². The van der Waals surface area contributed by atoms with Gasteiger partial charge in [0.25, 0.3) is 0 Å². The van der Waals surface area contributed by atoms with Gasteiger partial charge >= 0.3 is 17.9 Å². The minimum Gasteiger partial charge on any atom is -0.462 e. The van der Waals surface area contributed by atoms with Gasteiger partial charge in [-0.2, -0.15) is 0 Å². The van der Waals surface area contributed by atoms with Crippen LogP contribution in [0.4, 0.5) is 0 Å². The first kappa shape index (κ1) is 76.0. The van der Waals surface area contributed by atoms with Gasteiger partial charge in [-0.15, -0.1) is 0 Å². The summed E-state index contributed by atoms with van der Waals surface area (Å²) in [5.41, 5.74) is 0. The van der Waals surface area contributed by atoms with E-state index in [9.17, 15) is 14.4 Å². The van der Waals surface area contributed by atoms with Gasteiger partial charge < -0.3 is 14.2 Å². The van der Waals surface area contributed by atoms with Gasteiger partial charge in [-0.25, -0.2) is 0 Å². The quantitative estimate of drug-likeness (QED) is 0.0261. The van der Waals surface area contributed by atoms with Crippen molar-refractivity contribution in [2.45, 2.75) is 284 Å². The molecule has 0 radical (unpaired) electrons. The lowest BCUT2D eigenvalue weighted by Gasteiger charge is -2.18. The van der Waals surface area contributed by atoms with E-state index < -0.39 is 6.10 Å². The Hall–Kier alpha value is -4.97. The molecule has 0 saturated carbocycles. The Kier molecular flexibility index (Phi) is 63.4. The fourth-order valence-corrected chi connectivity index (χ4v) is 8.66. The molecule has 456 valence electrons. The molecule has 0 aromatic heterocycles. The third-order valence-electron chi connectivity index (χ3n) is 13.5. The molecular formula is C75H120O6. The predicted octanol–water partition coefficient (Wildman–Crippen LogP) is 22.9. The van der Waals surface area contributed by atoms with Gasteiger partial charge in [0.15, 0.2) is 6.10 Å². The van der Waals surface area contributed by atoms with Crippen LogP contribution in [0.15, 0.2) is 158 Å². The zero-order chi connectivity index (χ0) is 58.5. The number of hydrogen-bond acceptors (Lipinski definition) is 6. The minimum atomic E-state index is -0.812. The summed E-state index contributed by atoms with van der Waals surface area (Å²) in [6.45, 7) is 6.37. The van der Waals surface area contributed by atoms with E-state index in [0.29, 0.717) is 12.8 Å². The number of carbonyl (C=O) groups excluding carboxylic acids is 3. The second-order valence-corrected chi connectivity index (χ2v) is 21.3. The van der Waals surface area contributed by atoms with Crippen LogP contribution in [0, 0.1) is 0 Å². The van der Waals surface area contributed by atoms with Gasteiger partial charge in [-0.3, -0.25) is 14.4 Å². The monoisotopic (exact) mass is 1120 g/mol. The maximum Gasteiger partial charge on any atom is 0.306 e. The standard InChI is InChI=1S/C75H120O6/c1-4-7-10-13-16-19-22-25-28-30-31-32-33-34-35-36-37-38-39-40-41-42-43-45-47-50-53-56-59-62-65-68-74(77)80-71-72(70-79-73(76)67-64-61-58-55-52-49-46-27-24-21-18-15-12-9-6-3)81-75(78)69-66-63-60-57-54-51-48-44-29-26-23-20-17-14-11-8-5-2/h7-8,10-11,16-17,19-20,25-26,28-29,31-32,34-35,37-38,40-41,43,45,48,50-51,53,72H,4-6,9,12-15,18,21-24,27,30,33,36,39,42,44,46-47,49,52,54-71H2,1-3H3/b10-7-,11-8-,19-16-,20-17-,28-25-,29-26-,32-31-,35-34-,38-37-,41-40-,45-43-,51-48-,53-50-. The summed E-state index contributed by atoms with van der Waals surface area (Å²) in [4.78, 5) is 38.3. The first-order valence-corrected chi connectivity index (χ1v) is 33.0. The first-order valence-electron chi connectivity index (χ1n) is 33.0. The van der Waals surface area contributed by atoms with Crippen molar-refractivity contribution < 1.29 is 28.6 Å². The fraction of sp³-hybridized carbons (Fsp3) is 0.613. The Morgan fingerprint density at radius 1 is 0.259 bits per heavy atom. The lowest BCUT2D eigenvalue weighted by atomic mass is 10.0. The number of hydrogen-bond donors (Lipinski definition) is 0. The van der Waals surface area contributed by atoms with Crippen LogP contribution in [0.5, 0.6) is 0 Å². The van der Waals surface area contributed by atoms with Crippen LogP contribution in [0.1, 0.15) is 278 Å². The lowest BCUT2D eigenvalue weighted by molar-refractivity contribution is -0.167. The van der Waals surface area contributed by atoms with Crippen molar-refractivity contribution in [2.75, 3.05) is 13.2 Å². The Morgan fingerprint density at radius 2 is 0.481 bits per heavy atom. The molecular weight excluding hydrogens is 997 g/mol. The molecule has 0 aliphatic rings. The molecule has 0 aromatic rings. The van der Waals surface area contributed by atoms with Crippen LogP contribution in [-0.4, -0.2) is 37.2 Å². The van der Waals surface area contributed by atoms with E-state index in [1.165, 1.54) is 77.0 Å². The van der Waals surface area contributed by atoms with Crippen molar-refractivity contribution in [3.63, 3.8) is 0 Å². The number of carbonyl (C=O) groups is 3. The van der Waals surface area contributed by atoms with Gasteiger partial charge in [-0.1, -0.05) is 288 Å². The first-order chi connectivity index (χ1) is 40.0. The Balaban J connectivity index is 4.44. The summed E-state index contributed by atoms with van der Waals surface area (Å²) in [7, 11) is 0. The van der Waals surface area contributed by atoms with E-state index in [0.717, 1.165) is 161 Å². The average molecular weight is 1120 g/mol. The molecule has 0 amide bonds. The third-order valence-corrected chi connectivity index (χ3v) is 13.5. The highest BCUT2D eigenvalue weighted by Crippen LogP contribution is 2.15. The number of ether oxygens (including phenoxy) is 3. The molecule has 6 heteroatoms. The van der Waals surface area contributed by atoms with E-state index in [2.05, 4.69) is 179 Å². The van der Waals surface area contributed by atoms with Gasteiger partial charge in [0.1, 0.15) is 13.2 Å². The average Bonchev–Trinajstić information content (AvgIpc) is 3.47. The van der Waals surface area contributed by atoms with Crippen LogP contribution in [0.3, 0.4) is 0 Å². The van der Waals surface area contributed by atoms with E-state index in [-0.39, 0.29) is 37.5 Å².